The Labute approximate surface area is 68.8 Å². The van der Waals surface area contributed by atoms with Crippen molar-refractivity contribution in [3.8, 4) is 5.75 Å². The van der Waals surface area contributed by atoms with Crippen LogP contribution in [0.2, 0.25) is 0 Å². The van der Waals surface area contributed by atoms with Gasteiger partial charge in [-0.3, -0.25) is 20.1 Å². The molecule has 6 heteroatoms. The second-order valence-electron chi connectivity index (χ2n) is 2.10. The lowest BCUT2D eigenvalue weighted by Crippen LogP contribution is -2.35. The molecule has 5 nitrogen and oxygen atoms in total. The fourth-order valence-corrected chi connectivity index (χ4v) is 0.820. The minimum atomic E-state index is -1.38. The van der Waals surface area contributed by atoms with Gasteiger partial charge >= 0.3 is 7.12 Å². The third-order valence-electron chi connectivity index (χ3n) is 1.38. The van der Waals surface area contributed by atoms with E-state index in [0.29, 0.717) is 0 Å². The number of para-hydroxylation sites is 1. The first kappa shape index (κ1) is 9.02. The molecule has 0 unspecified atom stereocenters. The maximum Gasteiger partial charge on any atom is 0.557 e. The zero-order valence-corrected chi connectivity index (χ0v) is 6.04. The van der Waals surface area contributed by atoms with Gasteiger partial charge in [0.05, 0.1) is 0 Å². The maximum atomic E-state index is 9.16. The summed E-state index contributed by atoms with van der Waals surface area (Å²) in [6.07, 6.45) is 0. The lowest BCUT2D eigenvalue weighted by Gasteiger charge is -2.05. The van der Waals surface area contributed by atoms with Gasteiger partial charge in [-0.15, -0.1) is 0 Å². The molecule has 0 bridgehead atoms. The molecular weight excluding hydrogens is 163 g/mol. The second kappa shape index (κ2) is 4.08. The van der Waals surface area contributed by atoms with Crippen LogP contribution in [-0.4, -0.2) is 22.7 Å². The normalized spacial score (nSPS) is 9.83. The average Bonchev–Trinajstić information content (AvgIpc) is 2.10. The van der Waals surface area contributed by atoms with Crippen LogP contribution in [-0.2, 0) is 9.61 Å². The van der Waals surface area contributed by atoms with Gasteiger partial charge in [0.15, 0.2) is 0 Å². The smallest absolute Gasteiger partial charge is 0.508 e. The summed E-state index contributed by atoms with van der Waals surface area (Å²) in [7, 11) is -1.38. The number of phenols is 1. The topological polar surface area (TPSA) is 79.2 Å². The van der Waals surface area contributed by atoms with Crippen LogP contribution < -0.4 is 5.46 Å². The van der Waals surface area contributed by atoms with Crippen LogP contribution in [0.4, 0.5) is 0 Å². The van der Waals surface area contributed by atoms with Crippen molar-refractivity contribution in [1.82, 2.24) is 0 Å². The van der Waals surface area contributed by atoms with Crippen molar-refractivity contribution in [2.75, 3.05) is 0 Å². The van der Waals surface area contributed by atoms with E-state index >= 15 is 0 Å². The molecule has 0 atom stereocenters. The summed E-state index contributed by atoms with van der Waals surface area (Å²) in [6, 6.07) is 6.00. The molecule has 0 fully saturated rings. The van der Waals surface area contributed by atoms with E-state index in [1.165, 1.54) is 12.1 Å². The number of hydrogen-bond acceptors (Lipinski definition) is 5. The highest BCUT2D eigenvalue weighted by atomic mass is 17.2. The Morgan fingerprint density at radius 1 is 1.08 bits per heavy atom. The largest absolute Gasteiger partial charge is 0.557 e. The number of benzene rings is 1. The minimum absolute atomic E-state index is 0.134. The molecule has 1 aromatic rings. The molecule has 0 spiro atoms. The summed E-state index contributed by atoms with van der Waals surface area (Å²) in [6.45, 7) is 0. The third-order valence-corrected chi connectivity index (χ3v) is 1.38. The summed E-state index contributed by atoms with van der Waals surface area (Å²) in [5.74, 6) is -0.134. The van der Waals surface area contributed by atoms with Crippen molar-refractivity contribution in [2.45, 2.75) is 0 Å². The molecule has 0 aliphatic rings. The van der Waals surface area contributed by atoms with Crippen LogP contribution in [0.15, 0.2) is 24.3 Å². The predicted molar refractivity (Wildman–Crippen MR) is 40.9 cm³/mol. The lowest BCUT2D eigenvalue weighted by atomic mass is 9.79. The van der Waals surface area contributed by atoms with Crippen LogP contribution in [0.25, 0.3) is 0 Å². The van der Waals surface area contributed by atoms with Crippen molar-refractivity contribution in [3.05, 3.63) is 24.3 Å². The highest BCUT2D eigenvalue weighted by molar-refractivity contribution is 6.61. The van der Waals surface area contributed by atoms with E-state index in [1.54, 1.807) is 12.1 Å². The molecule has 0 aliphatic carbocycles. The van der Waals surface area contributed by atoms with E-state index in [4.69, 9.17) is 15.6 Å². The Bertz CT molecular complexity index is 249. The predicted octanol–water partition coefficient (Wildman–Crippen LogP) is 0.0666. The molecule has 0 amide bonds. The van der Waals surface area contributed by atoms with Gasteiger partial charge in [0.25, 0.3) is 0 Å². The van der Waals surface area contributed by atoms with Crippen LogP contribution >= 0.6 is 0 Å². The highest BCUT2D eigenvalue weighted by Crippen LogP contribution is 2.04. The molecule has 0 saturated heterocycles. The number of hydrogen-bond donors (Lipinski definition) is 3. The molecule has 0 saturated carbocycles. The monoisotopic (exact) mass is 170 g/mol. The molecule has 0 aliphatic heterocycles. The summed E-state index contributed by atoms with van der Waals surface area (Å²) >= 11 is 0. The molecule has 12 heavy (non-hydrogen) atoms. The summed E-state index contributed by atoms with van der Waals surface area (Å²) in [4.78, 5) is 7.47. The maximum absolute atomic E-state index is 9.16. The first-order chi connectivity index (χ1) is 5.79. The van der Waals surface area contributed by atoms with Gasteiger partial charge in [-0.2, -0.15) is 0 Å². The summed E-state index contributed by atoms with van der Waals surface area (Å²) in [5, 5.41) is 25.6. The molecule has 0 aromatic heterocycles. The Morgan fingerprint density at radius 2 is 1.67 bits per heavy atom. The molecule has 0 heterocycles. The van der Waals surface area contributed by atoms with Crippen LogP contribution in [0, 0.1) is 0 Å². The van der Waals surface area contributed by atoms with Gasteiger partial charge in [0.1, 0.15) is 5.75 Å². The Balaban J connectivity index is 2.92. The van der Waals surface area contributed by atoms with E-state index in [2.05, 4.69) is 9.61 Å². The van der Waals surface area contributed by atoms with Crippen molar-refractivity contribution >= 4 is 12.6 Å². The standard InChI is InChI=1S/C6H7BO5/c8-6-4-2-1-3-5(6)7(11-9)12-10/h1-4,8-10H. The van der Waals surface area contributed by atoms with E-state index < -0.39 is 7.12 Å². The number of aromatic hydroxyl groups is 1. The zero-order valence-electron chi connectivity index (χ0n) is 6.04. The molecular formula is C6H7BO5. The van der Waals surface area contributed by atoms with Gasteiger partial charge in [-0.25, -0.2) is 0 Å². The van der Waals surface area contributed by atoms with E-state index in [1.807, 2.05) is 0 Å². The minimum Gasteiger partial charge on any atom is -0.508 e. The second-order valence-corrected chi connectivity index (χ2v) is 2.10. The Morgan fingerprint density at radius 3 is 2.17 bits per heavy atom. The van der Waals surface area contributed by atoms with Crippen molar-refractivity contribution in [3.63, 3.8) is 0 Å². The van der Waals surface area contributed by atoms with Crippen molar-refractivity contribution < 1.29 is 25.2 Å². The molecule has 64 valence electrons. The molecule has 0 radical (unpaired) electrons. The van der Waals surface area contributed by atoms with Crippen molar-refractivity contribution in [2.24, 2.45) is 0 Å². The van der Waals surface area contributed by atoms with E-state index in [-0.39, 0.29) is 11.2 Å². The van der Waals surface area contributed by atoms with Gasteiger partial charge < -0.3 is 5.11 Å². The van der Waals surface area contributed by atoms with Gasteiger partial charge in [0, 0.05) is 5.46 Å². The number of rotatable bonds is 3. The van der Waals surface area contributed by atoms with Gasteiger partial charge in [-0.1, -0.05) is 18.2 Å². The molecule has 1 rings (SSSR count). The SMILES string of the molecule is OOB(OO)c1ccccc1O. The third kappa shape index (κ3) is 1.74. The summed E-state index contributed by atoms with van der Waals surface area (Å²) in [5.41, 5.74) is 0.141. The van der Waals surface area contributed by atoms with Crippen molar-refractivity contribution in [1.29, 1.82) is 0 Å². The Hall–Kier alpha value is -1.08. The van der Waals surface area contributed by atoms with Gasteiger partial charge in [0.2, 0.25) is 0 Å². The quantitative estimate of drug-likeness (QED) is 0.339. The fraction of sp³-hybridized carbons (Fsp3) is 0. The van der Waals surface area contributed by atoms with Crippen LogP contribution in [0.5, 0.6) is 5.75 Å². The van der Waals surface area contributed by atoms with Gasteiger partial charge in [-0.05, 0) is 6.07 Å². The summed E-state index contributed by atoms with van der Waals surface area (Å²) < 4.78 is 0. The zero-order chi connectivity index (χ0) is 8.97. The average molecular weight is 170 g/mol. The van der Waals surface area contributed by atoms with E-state index in [9.17, 15) is 0 Å². The highest BCUT2D eigenvalue weighted by Gasteiger charge is 2.24. The molecule has 3 N–H and O–H groups in total. The van der Waals surface area contributed by atoms with Crippen LogP contribution in [0.1, 0.15) is 0 Å². The first-order valence-corrected chi connectivity index (χ1v) is 3.18. The number of phenolic OH excluding ortho intramolecular Hbond substituents is 1. The first-order valence-electron chi connectivity index (χ1n) is 3.18. The van der Waals surface area contributed by atoms with Crippen LogP contribution in [0.3, 0.4) is 0 Å². The molecule has 1 aromatic carbocycles. The Kier molecular flexibility index (Phi) is 3.06. The van der Waals surface area contributed by atoms with E-state index in [0.717, 1.165) is 0 Å². The lowest BCUT2D eigenvalue weighted by molar-refractivity contribution is -0.221. The fourth-order valence-electron chi connectivity index (χ4n) is 0.820.